The molecule has 4 nitrogen and oxygen atoms in total. The van der Waals surface area contributed by atoms with Crippen LogP contribution >= 0.6 is 0 Å². The number of amides is 1. The summed E-state index contributed by atoms with van der Waals surface area (Å²) in [4.78, 5) is 13.5. The summed E-state index contributed by atoms with van der Waals surface area (Å²) in [5.74, 6) is -0.0419. The summed E-state index contributed by atoms with van der Waals surface area (Å²) in [5, 5.41) is 0. The van der Waals surface area contributed by atoms with Crippen molar-refractivity contribution >= 4 is 5.91 Å². The number of carbonyl (C=O) groups excluding carboxylic acids is 1. The first-order valence-electron chi connectivity index (χ1n) is 5.05. The van der Waals surface area contributed by atoms with E-state index in [2.05, 4.69) is 0 Å². The zero-order chi connectivity index (χ0) is 12.0. The highest BCUT2D eigenvalue weighted by Crippen LogP contribution is 2.04. The Labute approximate surface area is 95.8 Å². The molecule has 0 aliphatic heterocycles. The van der Waals surface area contributed by atoms with Gasteiger partial charge >= 0.3 is 0 Å². The zero-order valence-electron chi connectivity index (χ0n) is 9.84. The molecule has 0 aliphatic rings. The van der Waals surface area contributed by atoms with Crippen LogP contribution in [0.4, 0.5) is 0 Å². The van der Waals surface area contributed by atoms with Crippen molar-refractivity contribution in [3.05, 3.63) is 35.9 Å². The molecule has 0 radical (unpaired) electrons. The fourth-order valence-corrected chi connectivity index (χ4v) is 1.35. The highest BCUT2D eigenvalue weighted by molar-refractivity contribution is 5.93. The van der Waals surface area contributed by atoms with E-state index >= 15 is 0 Å². The Balaban J connectivity index is 2.61. The topological polar surface area (TPSA) is 38.8 Å². The zero-order valence-corrected chi connectivity index (χ0v) is 9.84. The molecule has 1 rings (SSSR count). The van der Waals surface area contributed by atoms with Gasteiger partial charge in [0.25, 0.3) is 5.91 Å². The van der Waals surface area contributed by atoms with E-state index in [0.717, 1.165) is 0 Å². The molecule has 88 valence electrons. The number of methoxy groups -OCH3 is 2. The van der Waals surface area contributed by atoms with Gasteiger partial charge in [-0.2, -0.15) is 0 Å². The molecule has 0 atom stereocenters. The Morgan fingerprint density at radius 1 is 1.25 bits per heavy atom. The maximum atomic E-state index is 11.9. The van der Waals surface area contributed by atoms with E-state index in [0.29, 0.717) is 12.1 Å². The van der Waals surface area contributed by atoms with Crippen LogP contribution in [0.15, 0.2) is 30.3 Å². The Bertz CT molecular complexity index is 322. The van der Waals surface area contributed by atoms with E-state index in [1.54, 1.807) is 38.3 Å². The summed E-state index contributed by atoms with van der Waals surface area (Å²) in [6, 6.07) is 9.13. The van der Waals surface area contributed by atoms with E-state index in [-0.39, 0.29) is 5.91 Å². The van der Waals surface area contributed by atoms with Crippen LogP contribution < -0.4 is 0 Å². The lowest BCUT2D eigenvalue weighted by Crippen LogP contribution is -2.36. The van der Waals surface area contributed by atoms with Crippen molar-refractivity contribution in [3.8, 4) is 0 Å². The molecule has 0 heterocycles. The van der Waals surface area contributed by atoms with Crippen LogP contribution in [0.5, 0.6) is 0 Å². The first-order valence-corrected chi connectivity index (χ1v) is 5.05. The summed E-state index contributed by atoms with van der Waals surface area (Å²) in [6.07, 6.45) is -0.391. The number of rotatable bonds is 5. The van der Waals surface area contributed by atoms with E-state index < -0.39 is 6.29 Å². The van der Waals surface area contributed by atoms with Crippen molar-refractivity contribution in [2.75, 3.05) is 27.8 Å². The molecule has 16 heavy (non-hydrogen) atoms. The first-order chi connectivity index (χ1) is 7.69. The van der Waals surface area contributed by atoms with Crippen molar-refractivity contribution in [1.82, 2.24) is 4.90 Å². The standard InChI is InChI=1S/C12H17NO3/c1-13(9-11(15-2)16-3)12(14)10-7-5-4-6-8-10/h4-8,11H,9H2,1-3H3. The summed E-state index contributed by atoms with van der Waals surface area (Å²) >= 11 is 0. The van der Waals surface area contributed by atoms with Gasteiger partial charge in [0.05, 0.1) is 6.54 Å². The van der Waals surface area contributed by atoms with Gasteiger partial charge in [0.15, 0.2) is 6.29 Å². The third-order valence-electron chi connectivity index (χ3n) is 2.32. The largest absolute Gasteiger partial charge is 0.354 e. The lowest BCUT2D eigenvalue weighted by molar-refractivity contribution is -0.110. The second-order valence-corrected chi connectivity index (χ2v) is 3.45. The maximum absolute atomic E-state index is 11.9. The molecule has 0 saturated carbocycles. The van der Waals surface area contributed by atoms with Crippen LogP contribution in [0.2, 0.25) is 0 Å². The minimum Gasteiger partial charge on any atom is -0.354 e. The highest BCUT2D eigenvalue weighted by atomic mass is 16.7. The minimum absolute atomic E-state index is 0.0419. The fraction of sp³-hybridized carbons (Fsp3) is 0.417. The van der Waals surface area contributed by atoms with Gasteiger partial charge in [0.1, 0.15) is 0 Å². The van der Waals surface area contributed by atoms with Crippen LogP contribution in [0.1, 0.15) is 10.4 Å². The second-order valence-electron chi connectivity index (χ2n) is 3.45. The van der Waals surface area contributed by atoms with Crippen LogP contribution in [-0.4, -0.2) is 44.9 Å². The molecule has 4 heteroatoms. The molecule has 0 aromatic heterocycles. The number of hydrogen-bond acceptors (Lipinski definition) is 3. The molecular formula is C12H17NO3. The number of hydrogen-bond donors (Lipinski definition) is 0. The van der Waals surface area contributed by atoms with E-state index in [4.69, 9.17) is 9.47 Å². The van der Waals surface area contributed by atoms with E-state index in [9.17, 15) is 4.79 Å². The lowest BCUT2D eigenvalue weighted by Gasteiger charge is -2.22. The molecular weight excluding hydrogens is 206 g/mol. The summed E-state index contributed by atoms with van der Waals surface area (Å²) in [6.45, 7) is 0.403. The molecule has 0 N–H and O–H groups in total. The van der Waals surface area contributed by atoms with Crippen LogP contribution in [0.25, 0.3) is 0 Å². The van der Waals surface area contributed by atoms with Gasteiger partial charge in [-0.1, -0.05) is 18.2 Å². The van der Waals surface area contributed by atoms with Gasteiger partial charge in [-0.3, -0.25) is 4.79 Å². The molecule has 1 amide bonds. The first kappa shape index (κ1) is 12.7. The molecule has 0 spiro atoms. The smallest absolute Gasteiger partial charge is 0.253 e. The van der Waals surface area contributed by atoms with Crippen molar-refractivity contribution in [1.29, 1.82) is 0 Å². The van der Waals surface area contributed by atoms with Crippen molar-refractivity contribution < 1.29 is 14.3 Å². The number of nitrogens with zero attached hydrogens (tertiary/aromatic N) is 1. The summed E-state index contributed by atoms with van der Waals surface area (Å²) in [5.41, 5.74) is 0.663. The molecule has 0 unspecified atom stereocenters. The normalized spacial score (nSPS) is 10.5. The van der Waals surface area contributed by atoms with Crippen molar-refractivity contribution in [2.24, 2.45) is 0 Å². The van der Waals surface area contributed by atoms with Gasteiger partial charge in [-0.25, -0.2) is 0 Å². The van der Waals surface area contributed by atoms with Gasteiger partial charge in [-0.15, -0.1) is 0 Å². The van der Waals surface area contributed by atoms with Gasteiger partial charge in [0.2, 0.25) is 0 Å². The summed E-state index contributed by atoms with van der Waals surface area (Å²) < 4.78 is 10.1. The summed E-state index contributed by atoms with van der Waals surface area (Å²) in [7, 11) is 4.82. The average Bonchev–Trinajstić information content (AvgIpc) is 2.35. The monoisotopic (exact) mass is 223 g/mol. The van der Waals surface area contributed by atoms with E-state index in [1.807, 2.05) is 18.2 Å². The molecule has 0 bridgehead atoms. The third-order valence-corrected chi connectivity index (χ3v) is 2.32. The molecule has 1 aromatic rings. The van der Waals surface area contributed by atoms with Crippen molar-refractivity contribution in [2.45, 2.75) is 6.29 Å². The number of benzene rings is 1. The number of ether oxygens (including phenoxy) is 2. The van der Waals surface area contributed by atoms with Gasteiger partial charge in [-0.05, 0) is 12.1 Å². The molecule has 1 aromatic carbocycles. The predicted molar refractivity (Wildman–Crippen MR) is 61.2 cm³/mol. The van der Waals surface area contributed by atoms with Crippen LogP contribution in [0.3, 0.4) is 0 Å². The lowest BCUT2D eigenvalue weighted by atomic mass is 10.2. The van der Waals surface area contributed by atoms with E-state index in [1.165, 1.54) is 0 Å². The maximum Gasteiger partial charge on any atom is 0.253 e. The number of carbonyl (C=O) groups is 1. The minimum atomic E-state index is -0.391. The molecule has 0 fully saturated rings. The van der Waals surface area contributed by atoms with Crippen molar-refractivity contribution in [3.63, 3.8) is 0 Å². The van der Waals surface area contributed by atoms with Gasteiger partial charge in [0, 0.05) is 26.8 Å². The molecule has 0 aliphatic carbocycles. The Morgan fingerprint density at radius 2 is 1.81 bits per heavy atom. The van der Waals surface area contributed by atoms with Gasteiger partial charge < -0.3 is 14.4 Å². The Hall–Kier alpha value is -1.39. The van der Waals surface area contributed by atoms with Crippen LogP contribution in [-0.2, 0) is 9.47 Å². The predicted octanol–water partition coefficient (Wildman–Crippen LogP) is 1.38. The van der Waals surface area contributed by atoms with Crippen LogP contribution in [0, 0.1) is 0 Å². The highest BCUT2D eigenvalue weighted by Gasteiger charge is 2.15. The third kappa shape index (κ3) is 3.32. The second kappa shape index (κ2) is 6.25. The number of likely N-dealkylation sites (N-methyl/N-ethyl adjacent to an activating group) is 1. The quantitative estimate of drug-likeness (QED) is 0.708. The average molecular weight is 223 g/mol. The Kier molecular flexibility index (Phi) is 4.95. The fourth-order valence-electron chi connectivity index (χ4n) is 1.35. The molecule has 0 saturated heterocycles. The SMILES string of the molecule is COC(CN(C)C(=O)c1ccccc1)OC. The Morgan fingerprint density at radius 3 is 2.31 bits per heavy atom.